The molecular formula is C24H21N3O3S. The third kappa shape index (κ3) is 3.84. The number of ether oxygens (including phenoxy) is 1. The van der Waals surface area contributed by atoms with E-state index < -0.39 is 0 Å². The van der Waals surface area contributed by atoms with Crippen LogP contribution < -0.4 is 15.6 Å². The maximum atomic E-state index is 12.9. The highest BCUT2D eigenvalue weighted by atomic mass is 32.1. The number of thiophene rings is 1. The van der Waals surface area contributed by atoms with Crippen LogP contribution in [0.15, 0.2) is 59.7 Å². The highest BCUT2D eigenvalue weighted by Gasteiger charge is 2.14. The first-order chi connectivity index (χ1) is 15.1. The predicted molar refractivity (Wildman–Crippen MR) is 123 cm³/mol. The normalized spacial score (nSPS) is 12.7. The van der Waals surface area contributed by atoms with Crippen LogP contribution in [-0.2, 0) is 24.2 Å². The van der Waals surface area contributed by atoms with Gasteiger partial charge in [-0.15, -0.1) is 11.3 Å². The van der Waals surface area contributed by atoms with Gasteiger partial charge >= 0.3 is 0 Å². The number of aryl methyl sites for hydroxylation is 2. The minimum Gasteiger partial charge on any atom is -0.497 e. The van der Waals surface area contributed by atoms with Crippen LogP contribution in [0.4, 0.5) is 5.69 Å². The van der Waals surface area contributed by atoms with E-state index in [-0.39, 0.29) is 18.0 Å². The summed E-state index contributed by atoms with van der Waals surface area (Å²) in [5.74, 6) is 0.535. The van der Waals surface area contributed by atoms with E-state index in [2.05, 4.69) is 16.4 Å². The Morgan fingerprint density at radius 3 is 2.74 bits per heavy atom. The van der Waals surface area contributed by atoms with Crippen LogP contribution in [0.5, 0.6) is 5.75 Å². The van der Waals surface area contributed by atoms with Crippen molar-refractivity contribution < 1.29 is 9.53 Å². The van der Waals surface area contributed by atoms with Gasteiger partial charge in [-0.25, -0.2) is 4.98 Å². The van der Waals surface area contributed by atoms with E-state index in [0.717, 1.165) is 41.1 Å². The number of rotatable bonds is 5. The molecule has 2 aromatic carbocycles. The minimum absolute atomic E-state index is 0.0748. The van der Waals surface area contributed by atoms with Crippen molar-refractivity contribution in [2.24, 2.45) is 0 Å². The fourth-order valence-electron chi connectivity index (χ4n) is 3.96. The molecule has 4 aromatic rings. The molecule has 0 fully saturated rings. The van der Waals surface area contributed by atoms with Crippen molar-refractivity contribution >= 4 is 33.1 Å². The summed E-state index contributed by atoms with van der Waals surface area (Å²) < 4.78 is 7.10. The molecule has 7 heteroatoms. The lowest BCUT2D eigenvalue weighted by Crippen LogP contribution is -2.27. The quantitative estimate of drug-likeness (QED) is 0.512. The fraction of sp³-hybridized carbons (Fsp3) is 0.208. The maximum absolute atomic E-state index is 12.9. The number of aromatic nitrogens is 2. The van der Waals surface area contributed by atoms with Gasteiger partial charge in [-0.2, -0.15) is 0 Å². The van der Waals surface area contributed by atoms with E-state index in [4.69, 9.17) is 4.74 Å². The Bertz CT molecular complexity index is 1340. The van der Waals surface area contributed by atoms with Crippen LogP contribution in [-0.4, -0.2) is 22.6 Å². The first-order valence-corrected chi connectivity index (χ1v) is 11.0. The highest BCUT2D eigenvalue weighted by molar-refractivity contribution is 7.22. The summed E-state index contributed by atoms with van der Waals surface area (Å²) in [4.78, 5) is 30.8. The van der Waals surface area contributed by atoms with Gasteiger partial charge in [-0.1, -0.05) is 6.07 Å². The number of hydrogen-bond donors (Lipinski definition) is 1. The molecule has 0 saturated heterocycles. The molecule has 0 unspecified atom stereocenters. The van der Waals surface area contributed by atoms with Gasteiger partial charge in [0.2, 0.25) is 5.91 Å². The SMILES string of the molecule is COc1ccc(-c2cc3ncn(CC(=O)Nc4ccc5c(c4)CCC5)c(=O)c3s2)cc1. The van der Waals surface area contributed by atoms with Crippen molar-refractivity contribution in [3.63, 3.8) is 0 Å². The lowest BCUT2D eigenvalue weighted by atomic mass is 10.1. The average Bonchev–Trinajstić information content (AvgIpc) is 3.43. The summed E-state index contributed by atoms with van der Waals surface area (Å²) >= 11 is 1.38. The molecule has 0 aliphatic heterocycles. The average molecular weight is 432 g/mol. The summed E-state index contributed by atoms with van der Waals surface area (Å²) in [6.45, 7) is -0.0748. The second-order valence-electron chi connectivity index (χ2n) is 7.62. The Kier molecular flexibility index (Phi) is 5.03. The number of hydrogen-bond acceptors (Lipinski definition) is 5. The molecule has 0 atom stereocenters. The van der Waals surface area contributed by atoms with Crippen molar-refractivity contribution in [2.45, 2.75) is 25.8 Å². The zero-order chi connectivity index (χ0) is 21.4. The minimum atomic E-state index is -0.242. The van der Waals surface area contributed by atoms with Crippen LogP contribution in [0.2, 0.25) is 0 Å². The third-order valence-electron chi connectivity index (χ3n) is 5.57. The molecule has 1 aliphatic carbocycles. The van der Waals surface area contributed by atoms with Crippen LogP contribution in [0.3, 0.4) is 0 Å². The lowest BCUT2D eigenvalue weighted by Gasteiger charge is -2.09. The van der Waals surface area contributed by atoms with Crippen molar-refractivity contribution in [1.29, 1.82) is 0 Å². The molecule has 2 aromatic heterocycles. The molecular weight excluding hydrogens is 410 g/mol. The Hall–Kier alpha value is -3.45. The Morgan fingerprint density at radius 1 is 1.13 bits per heavy atom. The van der Waals surface area contributed by atoms with Crippen LogP contribution in [0, 0.1) is 0 Å². The summed E-state index contributed by atoms with van der Waals surface area (Å²) in [7, 11) is 1.63. The molecule has 0 bridgehead atoms. The van der Waals surface area contributed by atoms with Gasteiger partial charge in [-0.3, -0.25) is 14.2 Å². The third-order valence-corrected chi connectivity index (χ3v) is 6.74. The Morgan fingerprint density at radius 2 is 1.94 bits per heavy atom. The number of anilines is 1. The molecule has 2 heterocycles. The van der Waals surface area contributed by atoms with Gasteiger partial charge in [0, 0.05) is 10.6 Å². The lowest BCUT2D eigenvalue weighted by molar-refractivity contribution is -0.116. The number of fused-ring (bicyclic) bond motifs is 2. The molecule has 1 aliphatic rings. The Balaban J connectivity index is 1.36. The first kappa shape index (κ1) is 19.5. The van der Waals surface area contributed by atoms with Gasteiger partial charge in [0.25, 0.3) is 5.56 Å². The van der Waals surface area contributed by atoms with Gasteiger partial charge in [-0.05, 0) is 78.4 Å². The van der Waals surface area contributed by atoms with E-state index in [0.29, 0.717) is 10.2 Å². The van der Waals surface area contributed by atoms with Crippen molar-refractivity contribution in [1.82, 2.24) is 9.55 Å². The Labute approximate surface area is 183 Å². The second kappa shape index (κ2) is 8.00. The number of carbonyl (C=O) groups is 1. The summed E-state index contributed by atoms with van der Waals surface area (Å²) in [6, 6.07) is 15.6. The number of benzene rings is 2. The number of carbonyl (C=O) groups excluding carboxylic acids is 1. The second-order valence-corrected chi connectivity index (χ2v) is 8.67. The number of nitrogens with zero attached hydrogens (tertiary/aromatic N) is 2. The summed E-state index contributed by atoms with van der Waals surface area (Å²) in [5.41, 5.74) is 4.83. The van der Waals surface area contributed by atoms with Crippen LogP contribution in [0.25, 0.3) is 20.7 Å². The molecule has 31 heavy (non-hydrogen) atoms. The first-order valence-electron chi connectivity index (χ1n) is 10.2. The topological polar surface area (TPSA) is 73.2 Å². The molecule has 1 amide bonds. The molecule has 0 radical (unpaired) electrons. The molecule has 0 spiro atoms. The zero-order valence-corrected chi connectivity index (χ0v) is 17.9. The zero-order valence-electron chi connectivity index (χ0n) is 17.1. The van der Waals surface area contributed by atoms with E-state index in [9.17, 15) is 9.59 Å². The van der Waals surface area contributed by atoms with Gasteiger partial charge in [0.15, 0.2) is 0 Å². The van der Waals surface area contributed by atoms with Gasteiger partial charge < -0.3 is 10.1 Å². The highest BCUT2D eigenvalue weighted by Crippen LogP contribution is 2.31. The van der Waals surface area contributed by atoms with E-state index in [1.807, 2.05) is 42.5 Å². The maximum Gasteiger partial charge on any atom is 0.271 e. The summed E-state index contributed by atoms with van der Waals surface area (Å²) in [5, 5.41) is 2.90. The van der Waals surface area contributed by atoms with Crippen LogP contribution >= 0.6 is 11.3 Å². The largest absolute Gasteiger partial charge is 0.497 e. The van der Waals surface area contributed by atoms with Crippen molar-refractivity contribution in [3.8, 4) is 16.2 Å². The molecule has 0 saturated carbocycles. The monoisotopic (exact) mass is 431 g/mol. The van der Waals surface area contributed by atoms with Crippen molar-refractivity contribution in [3.05, 3.63) is 76.3 Å². The van der Waals surface area contributed by atoms with Gasteiger partial charge in [0.05, 0.1) is 19.0 Å². The predicted octanol–water partition coefficient (Wildman–Crippen LogP) is 4.26. The fourth-order valence-corrected chi connectivity index (χ4v) is 5.03. The molecule has 6 nitrogen and oxygen atoms in total. The summed E-state index contributed by atoms with van der Waals surface area (Å²) in [6.07, 6.45) is 4.75. The van der Waals surface area contributed by atoms with Crippen molar-refractivity contribution in [2.75, 3.05) is 12.4 Å². The van der Waals surface area contributed by atoms with E-state index in [1.54, 1.807) is 7.11 Å². The molecule has 1 N–H and O–H groups in total. The smallest absolute Gasteiger partial charge is 0.271 e. The van der Waals surface area contributed by atoms with Crippen LogP contribution in [0.1, 0.15) is 17.5 Å². The molecule has 156 valence electrons. The van der Waals surface area contributed by atoms with E-state index >= 15 is 0 Å². The number of amides is 1. The molecule has 5 rings (SSSR count). The van der Waals surface area contributed by atoms with E-state index in [1.165, 1.54) is 33.4 Å². The number of nitrogens with one attached hydrogen (secondary N) is 1. The number of methoxy groups -OCH3 is 1. The van der Waals surface area contributed by atoms with Gasteiger partial charge in [0.1, 0.15) is 17.0 Å². The standard InChI is InChI=1S/C24H21N3O3S/c1-30-19-9-6-16(7-10-19)21-12-20-23(31-21)24(29)27(14-25-20)13-22(28)26-18-8-5-15-3-2-4-17(15)11-18/h5-12,14H,2-4,13H2,1H3,(H,26,28).